The minimum atomic E-state index is -0.695. The van der Waals surface area contributed by atoms with Gasteiger partial charge in [0.1, 0.15) is 16.7 Å². The number of amides is 1. The van der Waals surface area contributed by atoms with Crippen molar-refractivity contribution >= 4 is 40.5 Å². The largest absolute Gasteiger partial charge is 0.389 e. The number of rotatable bonds is 7. The Morgan fingerprint density at radius 3 is 2.63 bits per heavy atom. The second-order valence-electron chi connectivity index (χ2n) is 5.34. The molecule has 0 bridgehead atoms. The molecule has 0 radical (unpaired) electrons. The molecule has 0 heterocycles. The van der Waals surface area contributed by atoms with Crippen LogP contribution in [0.5, 0.6) is 0 Å². The zero-order valence-electron chi connectivity index (χ0n) is 13.9. The molecule has 0 atom stereocenters. The van der Waals surface area contributed by atoms with Crippen LogP contribution in [0.25, 0.3) is 0 Å². The van der Waals surface area contributed by atoms with E-state index in [9.17, 15) is 14.9 Å². The summed E-state index contributed by atoms with van der Waals surface area (Å²) >= 11 is 11.8. The maximum atomic E-state index is 12.2. The molecule has 9 heteroatoms. The Labute approximate surface area is 165 Å². The Balaban J connectivity index is 1.98. The predicted molar refractivity (Wildman–Crippen MR) is 104 cm³/mol. The highest BCUT2D eigenvalue weighted by molar-refractivity contribution is 6.32. The lowest BCUT2D eigenvalue weighted by molar-refractivity contribution is -0.384. The fourth-order valence-electron chi connectivity index (χ4n) is 2.16. The van der Waals surface area contributed by atoms with Crippen molar-refractivity contribution in [1.82, 2.24) is 5.32 Å². The quantitative estimate of drug-likeness (QED) is 0.237. The molecule has 0 aliphatic rings. The van der Waals surface area contributed by atoms with Gasteiger partial charge in [-0.15, -0.1) is 0 Å². The summed E-state index contributed by atoms with van der Waals surface area (Å²) in [6.07, 6.45) is 1.90. The highest BCUT2D eigenvalue weighted by Gasteiger charge is 2.15. The highest BCUT2D eigenvalue weighted by atomic mass is 35.5. The van der Waals surface area contributed by atoms with Crippen LogP contribution in [-0.4, -0.2) is 17.4 Å². The predicted octanol–water partition coefficient (Wildman–Crippen LogP) is 4.08. The molecular weight excluding hydrogens is 391 g/mol. The number of hydrogen-bond donors (Lipinski definition) is 2. The second kappa shape index (κ2) is 9.57. The maximum Gasteiger partial charge on any atom is 0.289 e. The maximum absolute atomic E-state index is 12.2. The van der Waals surface area contributed by atoms with Crippen LogP contribution < -0.4 is 10.6 Å². The smallest absolute Gasteiger partial charge is 0.289 e. The summed E-state index contributed by atoms with van der Waals surface area (Å²) in [6, 6.07) is 13.0. The molecule has 138 valence electrons. The topological polar surface area (TPSA) is 108 Å². The van der Waals surface area contributed by atoms with Gasteiger partial charge >= 0.3 is 0 Å². The lowest BCUT2D eigenvalue weighted by Crippen LogP contribution is -2.18. The van der Waals surface area contributed by atoms with Crippen LogP contribution in [0.1, 0.15) is 5.56 Å². The van der Waals surface area contributed by atoms with E-state index in [1.807, 2.05) is 18.2 Å². The SMILES string of the molecule is N#C/C(=C/NCCc1ccccc1Cl)C(=O)Nc1ccc(Cl)c([N+](=O)[O-])c1. The van der Waals surface area contributed by atoms with Gasteiger partial charge in [0.2, 0.25) is 0 Å². The molecule has 7 nitrogen and oxygen atoms in total. The summed E-state index contributed by atoms with van der Waals surface area (Å²) in [5.74, 6) is -0.695. The number of nitro groups is 1. The summed E-state index contributed by atoms with van der Waals surface area (Å²) in [5.41, 5.74) is 0.589. The molecule has 1 amide bonds. The van der Waals surface area contributed by atoms with Crippen LogP contribution in [-0.2, 0) is 11.2 Å². The first-order valence-electron chi connectivity index (χ1n) is 7.74. The molecule has 2 aromatic rings. The lowest BCUT2D eigenvalue weighted by atomic mass is 10.1. The first kappa shape index (κ1) is 20.2. The first-order valence-corrected chi connectivity index (χ1v) is 8.50. The van der Waals surface area contributed by atoms with Gasteiger partial charge < -0.3 is 10.6 Å². The average molecular weight is 405 g/mol. The minimum absolute atomic E-state index is 0.0460. The molecule has 0 fully saturated rings. The number of halogens is 2. The number of hydrogen-bond acceptors (Lipinski definition) is 5. The number of anilines is 1. The van der Waals surface area contributed by atoms with Gasteiger partial charge in [-0.25, -0.2) is 0 Å². The Morgan fingerprint density at radius 2 is 1.96 bits per heavy atom. The van der Waals surface area contributed by atoms with Crippen LogP contribution in [0, 0.1) is 21.4 Å². The van der Waals surface area contributed by atoms with E-state index in [1.165, 1.54) is 18.3 Å². The molecular formula is C18H14Cl2N4O3. The minimum Gasteiger partial charge on any atom is -0.389 e. The third-order valence-electron chi connectivity index (χ3n) is 3.51. The lowest BCUT2D eigenvalue weighted by Gasteiger charge is -2.06. The molecule has 0 saturated heterocycles. The summed E-state index contributed by atoms with van der Waals surface area (Å²) < 4.78 is 0. The standard InChI is InChI=1S/C18H14Cl2N4O3/c19-15-4-2-1-3-12(15)7-8-22-11-13(10-21)18(25)23-14-5-6-16(20)17(9-14)24(26)27/h1-6,9,11,22H,7-8H2,(H,23,25)/b13-11-. The normalized spacial score (nSPS) is 10.8. The van der Waals surface area contributed by atoms with E-state index >= 15 is 0 Å². The molecule has 0 aromatic heterocycles. The molecule has 0 aliphatic heterocycles. The number of nitrogens with one attached hydrogen (secondary N) is 2. The molecule has 0 saturated carbocycles. The van der Waals surface area contributed by atoms with E-state index in [0.29, 0.717) is 18.0 Å². The molecule has 27 heavy (non-hydrogen) atoms. The van der Waals surface area contributed by atoms with Crippen LogP contribution >= 0.6 is 23.2 Å². The van der Waals surface area contributed by atoms with Crippen molar-refractivity contribution in [2.45, 2.75) is 6.42 Å². The van der Waals surface area contributed by atoms with Crippen molar-refractivity contribution in [2.75, 3.05) is 11.9 Å². The highest BCUT2D eigenvalue weighted by Crippen LogP contribution is 2.27. The fraction of sp³-hybridized carbons (Fsp3) is 0.111. The first-order chi connectivity index (χ1) is 12.9. The molecule has 0 aliphatic carbocycles. The summed E-state index contributed by atoms with van der Waals surface area (Å²) in [6.45, 7) is 0.467. The van der Waals surface area contributed by atoms with E-state index < -0.39 is 10.8 Å². The van der Waals surface area contributed by atoms with Crippen molar-refractivity contribution in [3.8, 4) is 6.07 Å². The van der Waals surface area contributed by atoms with Crippen molar-refractivity contribution < 1.29 is 9.72 Å². The van der Waals surface area contributed by atoms with Gasteiger partial charge in [0.05, 0.1) is 4.92 Å². The zero-order valence-corrected chi connectivity index (χ0v) is 15.4. The average Bonchev–Trinajstić information content (AvgIpc) is 2.64. The number of nitrogens with zero attached hydrogens (tertiary/aromatic N) is 2. The van der Waals surface area contributed by atoms with E-state index in [2.05, 4.69) is 10.6 Å². The van der Waals surface area contributed by atoms with Crippen molar-refractivity contribution in [3.63, 3.8) is 0 Å². The summed E-state index contributed by atoms with van der Waals surface area (Å²) in [4.78, 5) is 22.4. The van der Waals surface area contributed by atoms with Gasteiger partial charge in [0.15, 0.2) is 0 Å². The molecule has 2 rings (SSSR count). The van der Waals surface area contributed by atoms with Crippen molar-refractivity contribution in [1.29, 1.82) is 5.26 Å². The summed E-state index contributed by atoms with van der Waals surface area (Å²) in [7, 11) is 0. The van der Waals surface area contributed by atoms with E-state index in [-0.39, 0.29) is 22.0 Å². The van der Waals surface area contributed by atoms with Gasteiger partial charge in [-0.1, -0.05) is 41.4 Å². The van der Waals surface area contributed by atoms with Crippen LogP contribution in [0.3, 0.4) is 0 Å². The van der Waals surface area contributed by atoms with E-state index in [1.54, 1.807) is 12.1 Å². The van der Waals surface area contributed by atoms with E-state index in [4.69, 9.17) is 28.5 Å². The second-order valence-corrected chi connectivity index (χ2v) is 6.16. The van der Waals surface area contributed by atoms with Gasteiger partial charge in [-0.2, -0.15) is 5.26 Å². The van der Waals surface area contributed by atoms with Gasteiger partial charge in [0.25, 0.3) is 11.6 Å². The number of carbonyl (C=O) groups excluding carboxylic acids is 1. The molecule has 2 N–H and O–H groups in total. The molecule has 2 aromatic carbocycles. The third kappa shape index (κ3) is 5.71. The Morgan fingerprint density at radius 1 is 1.22 bits per heavy atom. The Kier molecular flexibility index (Phi) is 7.17. The Bertz CT molecular complexity index is 938. The number of nitriles is 1. The monoisotopic (exact) mass is 404 g/mol. The van der Waals surface area contributed by atoms with Gasteiger partial charge in [-0.05, 0) is 30.2 Å². The molecule has 0 unspecified atom stereocenters. The van der Waals surface area contributed by atoms with Crippen molar-refractivity contribution in [2.24, 2.45) is 0 Å². The number of nitro benzene ring substituents is 1. The van der Waals surface area contributed by atoms with Crippen LogP contribution in [0.2, 0.25) is 10.0 Å². The summed E-state index contributed by atoms with van der Waals surface area (Å²) in [5, 5.41) is 26.0. The van der Waals surface area contributed by atoms with Crippen molar-refractivity contribution in [3.05, 3.63) is 80.0 Å². The third-order valence-corrected chi connectivity index (χ3v) is 4.20. The van der Waals surface area contributed by atoms with Gasteiger partial charge in [0, 0.05) is 29.5 Å². The van der Waals surface area contributed by atoms with E-state index in [0.717, 1.165) is 11.6 Å². The fourth-order valence-corrected chi connectivity index (χ4v) is 2.58. The van der Waals surface area contributed by atoms with Crippen LogP contribution in [0.15, 0.2) is 54.2 Å². The number of benzene rings is 2. The zero-order chi connectivity index (χ0) is 19.8. The Hall–Kier alpha value is -3.08. The van der Waals surface area contributed by atoms with Gasteiger partial charge in [-0.3, -0.25) is 14.9 Å². The number of carbonyl (C=O) groups is 1. The van der Waals surface area contributed by atoms with Crippen LogP contribution in [0.4, 0.5) is 11.4 Å². The molecule has 0 spiro atoms.